The van der Waals surface area contributed by atoms with Gasteiger partial charge in [-0.1, -0.05) is 19.3 Å². The van der Waals surface area contributed by atoms with E-state index >= 15 is 0 Å². The highest BCUT2D eigenvalue weighted by Gasteiger charge is 2.38. The summed E-state index contributed by atoms with van der Waals surface area (Å²) < 4.78 is 6.16. The molecule has 1 aromatic heterocycles. The van der Waals surface area contributed by atoms with E-state index in [1.807, 2.05) is 12.3 Å². The molecule has 0 radical (unpaired) electrons. The Morgan fingerprint density at radius 1 is 1.32 bits per heavy atom. The standard InChI is InChI=1S/C16H24N2O/c17-15-11-13(4-8-18-15)10-14-5-9-19-16(12-14)6-2-1-3-7-16/h4,8,11,14H,1-3,5-7,9-10,12H2,(H2,17,18). The number of ether oxygens (including phenoxy) is 1. The van der Waals surface area contributed by atoms with Crippen molar-refractivity contribution < 1.29 is 4.74 Å². The first-order chi connectivity index (χ1) is 9.26. The first-order valence-corrected chi connectivity index (χ1v) is 7.60. The van der Waals surface area contributed by atoms with Gasteiger partial charge < -0.3 is 10.5 Å². The maximum atomic E-state index is 6.16. The van der Waals surface area contributed by atoms with Gasteiger partial charge in [0.15, 0.2) is 0 Å². The Kier molecular flexibility index (Phi) is 3.74. The molecule has 1 unspecified atom stereocenters. The lowest BCUT2D eigenvalue weighted by atomic mass is 9.75. The molecule has 2 N–H and O–H groups in total. The molecule has 3 nitrogen and oxygen atoms in total. The summed E-state index contributed by atoms with van der Waals surface area (Å²) >= 11 is 0. The van der Waals surface area contributed by atoms with Gasteiger partial charge in [0.05, 0.1) is 5.60 Å². The molecule has 19 heavy (non-hydrogen) atoms. The van der Waals surface area contributed by atoms with Gasteiger partial charge >= 0.3 is 0 Å². The SMILES string of the molecule is Nc1cc(CC2CCOC3(CCCCC3)C2)ccn1. The van der Waals surface area contributed by atoms with Crippen molar-refractivity contribution in [3.05, 3.63) is 23.9 Å². The first kappa shape index (κ1) is 12.9. The number of hydrogen-bond acceptors (Lipinski definition) is 3. The van der Waals surface area contributed by atoms with E-state index in [1.165, 1.54) is 50.5 Å². The van der Waals surface area contributed by atoms with Crippen molar-refractivity contribution in [3.63, 3.8) is 0 Å². The van der Waals surface area contributed by atoms with E-state index in [1.54, 1.807) is 0 Å². The maximum absolute atomic E-state index is 6.16. The quantitative estimate of drug-likeness (QED) is 0.887. The Morgan fingerprint density at radius 3 is 2.95 bits per heavy atom. The Hall–Kier alpha value is -1.09. The van der Waals surface area contributed by atoms with Gasteiger partial charge in [0.1, 0.15) is 5.82 Å². The normalized spacial score (nSPS) is 26.4. The molecule has 1 aromatic rings. The van der Waals surface area contributed by atoms with Crippen LogP contribution in [0.3, 0.4) is 0 Å². The van der Waals surface area contributed by atoms with Gasteiger partial charge in [0.25, 0.3) is 0 Å². The van der Waals surface area contributed by atoms with Gasteiger partial charge in [0.2, 0.25) is 0 Å². The van der Waals surface area contributed by atoms with E-state index in [9.17, 15) is 0 Å². The minimum Gasteiger partial charge on any atom is -0.384 e. The minimum absolute atomic E-state index is 0.208. The van der Waals surface area contributed by atoms with E-state index in [4.69, 9.17) is 10.5 Å². The lowest BCUT2D eigenvalue weighted by molar-refractivity contribution is -0.117. The predicted octanol–water partition coefficient (Wildman–Crippen LogP) is 3.34. The van der Waals surface area contributed by atoms with Gasteiger partial charge in [-0.2, -0.15) is 0 Å². The smallest absolute Gasteiger partial charge is 0.123 e. The topological polar surface area (TPSA) is 48.1 Å². The van der Waals surface area contributed by atoms with Crippen LogP contribution in [-0.2, 0) is 11.2 Å². The fourth-order valence-electron chi connectivity index (χ4n) is 3.80. The number of pyridine rings is 1. The van der Waals surface area contributed by atoms with Crippen LogP contribution in [0.2, 0.25) is 0 Å². The van der Waals surface area contributed by atoms with Crippen LogP contribution in [0.1, 0.15) is 50.5 Å². The number of nitrogens with zero attached hydrogens (tertiary/aromatic N) is 1. The molecule has 1 saturated carbocycles. The zero-order valence-electron chi connectivity index (χ0n) is 11.6. The summed E-state index contributed by atoms with van der Waals surface area (Å²) in [5.41, 5.74) is 7.30. The second kappa shape index (κ2) is 5.49. The molecule has 1 aliphatic heterocycles. The summed E-state index contributed by atoms with van der Waals surface area (Å²) in [6, 6.07) is 4.11. The molecule has 1 aliphatic carbocycles. The molecule has 3 heteroatoms. The Morgan fingerprint density at radius 2 is 2.16 bits per heavy atom. The molecule has 0 aromatic carbocycles. The Balaban J connectivity index is 1.65. The van der Waals surface area contributed by atoms with Crippen LogP contribution in [0.15, 0.2) is 18.3 Å². The molecule has 2 fully saturated rings. The average molecular weight is 260 g/mol. The minimum atomic E-state index is 0.208. The Labute approximate surface area is 115 Å². The molecular formula is C16H24N2O. The lowest BCUT2D eigenvalue weighted by Gasteiger charge is -2.43. The third-order valence-corrected chi connectivity index (χ3v) is 4.73. The number of aromatic nitrogens is 1. The van der Waals surface area contributed by atoms with Crippen molar-refractivity contribution in [3.8, 4) is 0 Å². The van der Waals surface area contributed by atoms with Crippen LogP contribution in [0, 0.1) is 5.92 Å². The molecule has 104 valence electrons. The third kappa shape index (κ3) is 3.08. The molecule has 0 bridgehead atoms. The summed E-state index contributed by atoms with van der Waals surface area (Å²) in [6.45, 7) is 0.936. The zero-order valence-corrected chi connectivity index (χ0v) is 11.6. The third-order valence-electron chi connectivity index (χ3n) is 4.73. The van der Waals surface area contributed by atoms with Crippen molar-refractivity contribution in [2.24, 2.45) is 5.92 Å². The van der Waals surface area contributed by atoms with Crippen LogP contribution in [0.5, 0.6) is 0 Å². The van der Waals surface area contributed by atoms with Gasteiger partial charge in [0, 0.05) is 12.8 Å². The van der Waals surface area contributed by atoms with Crippen molar-refractivity contribution >= 4 is 5.82 Å². The summed E-state index contributed by atoms with van der Waals surface area (Å²) in [6.07, 6.45) is 12.0. The Bertz CT molecular complexity index is 421. The largest absolute Gasteiger partial charge is 0.384 e. The van der Waals surface area contributed by atoms with Crippen LogP contribution in [0.4, 0.5) is 5.82 Å². The molecule has 2 heterocycles. The van der Waals surface area contributed by atoms with Crippen molar-refractivity contribution in [1.29, 1.82) is 0 Å². The van der Waals surface area contributed by atoms with Gasteiger partial charge in [-0.15, -0.1) is 0 Å². The van der Waals surface area contributed by atoms with Crippen molar-refractivity contribution in [2.75, 3.05) is 12.3 Å². The number of hydrogen-bond donors (Lipinski definition) is 1. The summed E-state index contributed by atoms with van der Waals surface area (Å²) in [7, 11) is 0. The fourth-order valence-corrected chi connectivity index (χ4v) is 3.80. The van der Waals surface area contributed by atoms with Crippen molar-refractivity contribution in [1.82, 2.24) is 4.98 Å². The zero-order chi connectivity index (χ0) is 13.1. The molecule has 1 spiro atoms. The van der Waals surface area contributed by atoms with Gasteiger partial charge in [-0.3, -0.25) is 0 Å². The molecular weight excluding hydrogens is 236 g/mol. The highest BCUT2D eigenvalue weighted by Crippen LogP contribution is 2.41. The highest BCUT2D eigenvalue weighted by molar-refractivity contribution is 5.32. The molecule has 0 amide bonds. The average Bonchev–Trinajstić information content (AvgIpc) is 2.40. The summed E-state index contributed by atoms with van der Waals surface area (Å²) in [5, 5.41) is 0. The van der Waals surface area contributed by atoms with E-state index < -0.39 is 0 Å². The number of nitrogen functional groups attached to an aromatic ring is 1. The lowest BCUT2D eigenvalue weighted by Crippen LogP contribution is -2.41. The van der Waals surface area contributed by atoms with E-state index in [0.717, 1.165) is 18.9 Å². The second-order valence-corrected chi connectivity index (χ2v) is 6.24. The maximum Gasteiger partial charge on any atom is 0.123 e. The van der Waals surface area contributed by atoms with Crippen LogP contribution in [-0.4, -0.2) is 17.2 Å². The van der Waals surface area contributed by atoms with E-state index in [-0.39, 0.29) is 5.60 Å². The van der Waals surface area contributed by atoms with Gasteiger partial charge in [-0.05, 0) is 55.7 Å². The molecule has 1 saturated heterocycles. The number of anilines is 1. The van der Waals surface area contributed by atoms with E-state index in [0.29, 0.717) is 5.82 Å². The fraction of sp³-hybridized carbons (Fsp3) is 0.688. The summed E-state index contributed by atoms with van der Waals surface area (Å²) in [4.78, 5) is 4.07. The first-order valence-electron chi connectivity index (χ1n) is 7.60. The molecule has 1 atom stereocenters. The monoisotopic (exact) mass is 260 g/mol. The number of nitrogens with two attached hydrogens (primary N) is 1. The molecule has 2 aliphatic rings. The van der Waals surface area contributed by atoms with Crippen LogP contribution >= 0.6 is 0 Å². The highest BCUT2D eigenvalue weighted by atomic mass is 16.5. The van der Waals surface area contributed by atoms with Crippen LogP contribution < -0.4 is 5.73 Å². The predicted molar refractivity (Wildman–Crippen MR) is 76.8 cm³/mol. The second-order valence-electron chi connectivity index (χ2n) is 6.24. The van der Waals surface area contributed by atoms with Crippen LogP contribution in [0.25, 0.3) is 0 Å². The van der Waals surface area contributed by atoms with E-state index in [2.05, 4.69) is 11.1 Å². The van der Waals surface area contributed by atoms with Crippen molar-refractivity contribution in [2.45, 2.75) is 57.0 Å². The number of rotatable bonds is 2. The molecule has 3 rings (SSSR count). The summed E-state index contributed by atoms with van der Waals surface area (Å²) in [5.74, 6) is 1.38. The van der Waals surface area contributed by atoms with Gasteiger partial charge in [-0.25, -0.2) is 4.98 Å².